The Morgan fingerprint density at radius 2 is 1.79 bits per heavy atom. The molecule has 8 nitrogen and oxygen atoms in total. The quantitative estimate of drug-likeness (QED) is 0.198. The third-order valence-electron chi connectivity index (χ3n) is 7.40. The van der Waals surface area contributed by atoms with Crippen molar-refractivity contribution in [3.05, 3.63) is 105 Å². The van der Waals surface area contributed by atoms with Crippen LogP contribution in [0, 0.1) is 24.3 Å². The topological polar surface area (TPSA) is 84.1 Å². The third-order valence-corrected chi connectivity index (χ3v) is 9.59. The number of nitrogens with zero attached hydrogens (tertiary/aromatic N) is 3. The van der Waals surface area contributed by atoms with Crippen LogP contribution >= 0.6 is 33.9 Å². The Morgan fingerprint density at radius 1 is 1.05 bits per heavy atom. The number of benzene rings is 2. The molecule has 0 amide bonds. The first-order valence-electron chi connectivity index (χ1n) is 13.5. The van der Waals surface area contributed by atoms with Crippen molar-refractivity contribution < 1.29 is 19.0 Å². The van der Waals surface area contributed by atoms with E-state index in [1.54, 1.807) is 44.8 Å². The molecule has 4 aromatic rings. The van der Waals surface area contributed by atoms with Crippen molar-refractivity contribution in [1.29, 1.82) is 0 Å². The summed E-state index contributed by atoms with van der Waals surface area (Å²) in [6.07, 6.45) is 1.91. The van der Waals surface area contributed by atoms with Crippen LogP contribution < -0.4 is 24.4 Å². The Balaban J connectivity index is 1.70. The number of esters is 1. The van der Waals surface area contributed by atoms with E-state index < -0.39 is 12.0 Å². The van der Waals surface area contributed by atoms with Gasteiger partial charge in [-0.1, -0.05) is 17.4 Å². The Labute approximate surface area is 261 Å². The molecule has 0 saturated carbocycles. The summed E-state index contributed by atoms with van der Waals surface area (Å²) in [5, 5.41) is 0. The molecule has 2 aromatic heterocycles. The van der Waals surface area contributed by atoms with E-state index >= 15 is 0 Å². The molecule has 0 bridgehead atoms. The maximum Gasteiger partial charge on any atom is 0.338 e. The average molecular weight is 698 g/mol. The zero-order valence-corrected chi connectivity index (χ0v) is 27.5. The minimum absolute atomic E-state index is 0.203. The van der Waals surface area contributed by atoms with E-state index in [1.165, 1.54) is 20.5 Å². The largest absolute Gasteiger partial charge is 0.493 e. The van der Waals surface area contributed by atoms with Gasteiger partial charge in [0.2, 0.25) is 0 Å². The fourth-order valence-electron chi connectivity index (χ4n) is 5.37. The molecule has 3 heterocycles. The molecule has 1 aliphatic heterocycles. The van der Waals surface area contributed by atoms with E-state index in [0.29, 0.717) is 37.7 Å². The number of fused-ring (bicyclic) bond motifs is 1. The molecule has 42 heavy (non-hydrogen) atoms. The molecular weight excluding hydrogens is 665 g/mol. The highest BCUT2D eigenvalue weighted by Gasteiger charge is 2.34. The van der Waals surface area contributed by atoms with Gasteiger partial charge in [0.15, 0.2) is 16.3 Å². The summed E-state index contributed by atoms with van der Waals surface area (Å²) in [5.74, 6) is 0.531. The van der Waals surface area contributed by atoms with Crippen molar-refractivity contribution in [2.75, 3.05) is 20.8 Å². The number of aryl methyl sites for hydroxylation is 2. The van der Waals surface area contributed by atoms with Crippen molar-refractivity contribution in [1.82, 2.24) is 9.13 Å². The number of methoxy groups -OCH3 is 2. The highest BCUT2D eigenvalue weighted by atomic mass is 127. The molecule has 10 heteroatoms. The third kappa shape index (κ3) is 5.22. The summed E-state index contributed by atoms with van der Waals surface area (Å²) in [5.41, 5.74) is 6.59. The number of hydrogen-bond donors (Lipinski definition) is 0. The van der Waals surface area contributed by atoms with Gasteiger partial charge in [0.1, 0.15) is 0 Å². The van der Waals surface area contributed by atoms with Crippen LogP contribution in [0.2, 0.25) is 0 Å². The summed E-state index contributed by atoms with van der Waals surface area (Å²) in [6, 6.07) is 13.1. The summed E-state index contributed by atoms with van der Waals surface area (Å²) in [4.78, 5) is 32.6. The van der Waals surface area contributed by atoms with Crippen LogP contribution in [0.25, 0.3) is 11.8 Å². The lowest BCUT2D eigenvalue weighted by atomic mass is 9.95. The van der Waals surface area contributed by atoms with Gasteiger partial charge in [0.05, 0.1) is 42.7 Å². The highest BCUT2D eigenvalue weighted by Crippen LogP contribution is 2.36. The number of carbonyl (C=O) groups excluding carboxylic acids is 1. The molecule has 1 aliphatic rings. The van der Waals surface area contributed by atoms with Crippen LogP contribution in [0.1, 0.15) is 48.0 Å². The maximum absolute atomic E-state index is 14.1. The Morgan fingerprint density at radius 3 is 2.45 bits per heavy atom. The Hall–Kier alpha value is -3.64. The molecule has 2 aromatic carbocycles. The molecule has 0 saturated heterocycles. The standard InChI is InChI=1S/C32H32IN3O5S/c1-8-41-31(38)28-19(4)34-32-36(29(28)21-9-12-25(39-6)26(15-21)40-7)30(37)27(42-32)16-22-14-18(3)35(20(22)5)23-10-11-24(33)17(2)13-23/h9-16,29H,8H2,1-7H3/b27-16+/t29-/m0/s1. The van der Waals surface area contributed by atoms with Crippen molar-refractivity contribution in [2.24, 2.45) is 4.99 Å². The fraction of sp³-hybridized carbons (Fsp3) is 0.281. The van der Waals surface area contributed by atoms with Gasteiger partial charge < -0.3 is 18.8 Å². The van der Waals surface area contributed by atoms with Crippen LogP contribution in [-0.2, 0) is 9.53 Å². The Bertz CT molecular complexity index is 1930. The molecule has 0 unspecified atom stereocenters. The van der Waals surface area contributed by atoms with E-state index in [1.807, 2.05) is 12.1 Å². The Kier molecular flexibility index (Phi) is 8.47. The van der Waals surface area contributed by atoms with Gasteiger partial charge in [-0.2, -0.15) is 0 Å². The smallest absolute Gasteiger partial charge is 0.338 e. The summed E-state index contributed by atoms with van der Waals surface area (Å²) >= 11 is 3.64. The molecular formula is C32H32IN3O5S. The molecule has 218 valence electrons. The second-order valence-electron chi connectivity index (χ2n) is 10.0. The molecule has 0 N–H and O–H groups in total. The molecule has 1 atom stereocenters. The van der Waals surface area contributed by atoms with Crippen LogP contribution in [0.3, 0.4) is 0 Å². The predicted octanol–water partition coefficient (Wildman–Crippen LogP) is 5.14. The van der Waals surface area contributed by atoms with Crippen LogP contribution in [0.15, 0.2) is 63.5 Å². The number of hydrogen-bond acceptors (Lipinski definition) is 7. The predicted molar refractivity (Wildman–Crippen MR) is 173 cm³/mol. The van der Waals surface area contributed by atoms with Crippen molar-refractivity contribution in [3.63, 3.8) is 0 Å². The van der Waals surface area contributed by atoms with Gasteiger partial charge in [-0.05, 0) is 116 Å². The lowest BCUT2D eigenvalue weighted by molar-refractivity contribution is -0.139. The number of aromatic nitrogens is 2. The lowest BCUT2D eigenvalue weighted by Gasteiger charge is -2.25. The molecule has 5 rings (SSSR count). The highest BCUT2D eigenvalue weighted by molar-refractivity contribution is 14.1. The maximum atomic E-state index is 14.1. The van der Waals surface area contributed by atoms with Gasteiger partial charge in [0, 0.05) is 20.6 Å². The first-order chi connectivity index (χ1) is 20.1. The number of ether oxygens (including phenoxy) is 3. The van der Waals surface area contributed by atoms with E-state index in [-0.39, 0.29) is 12.2 Å². The first-order valence-corrected chi connectivity index (χ1v) is 15.4. The minimum atomic E-state index is -0.746. The fourth-order valence-corrected chi connectivity index (χ4v) is 6.74. The zero-order valence-electron chi connectivity index (χ0n) is 24.6. The van der Waals surface area contributed by atoms with Gasteiger partial charge in [0.25, 0.3) is 5.56 Å². The van der Waals surface area contributed by atoms with E-state index in [9.17, 15) is 9.59 Å². The monoisotopic (exact) mass is 697 g/mol. The molecule has 0 spiro atoms. The molecule has 0 fully saturated rings. The normalized spacial score (nSPS) is 15.0. The molecule has 0 radical (unpaired) electrons. The lowest BCUT2D eigenvalue weighted by Crippen LogP contribution is -2.40. The second kappa shape index (κ2) is 11.9. The number of carbonyl (C=O) groups is 1. The summed E-state index contributed by atoms with van der Waals surface area (Å²) in [6.45, 7) is 9.94. The first kappa shape index (κ1) is 29.8. The van der Waals surface area contributed by atoms with E-state index in [4.69, 9.17) is 19.2 Å². The summed E-state index contributed by atoms with van der Waals surface area (Å²) in [7, 11) is 3.11. The van der Waals surface area contributed by atoms with Gasteiger partial charge in [-0.25, -0.2) is 9.79 Å². The van der Waals surface area contributed by atoms with Crippen molar-refractivity contribution >= 4 is 46.0 Å². The van der Waals surface area contributed by atoms with Crippen LogP contribution in [0.5, 0.6) is 11.5 Å². The number of halogens is 1. The summed E-state index contributed by atoms with van der Waals surface area (Å²) < 4.78 is 21.9. The SMILES string of the molecule is CCOC(=O)C1=C(C)N=c2s/c(=C/c3cc(C)n(-c4ccc(I)c(C)c4)c3C)c(=O)n2[C@H]1c1ccc(OC)c(OC)c1. The second-order valence-corrected chi connectivity index (χ2v) is 12.2. The number of thiazole rings is 1. The number of rotatable bonds is 7. The van der Waals surface area contributed by atoms with Gasteiger partial charge in [-0.15, -0.1) is 0 Å². The zero-order chi connectivity index (χ0) is 30.3. The van der Waals surface area contributed by atoms with Crippen molar-refractivity contribution in [3.8, 4) is 17.2 Å². The average Bonchev–Trinajstić information content (AvgIpc) is 3.42. The van der Waals surface area contributed by atoms with E-state index in [2.05, 4.69) is 72.2 Å². The minimum Gasteiger partial charge on any atom is -0.493 e. The van der Waals surface area contributed by atoms with E-state index in [0.717, 1.165) is 22.6 Å². The van der Waals surface area contributed by atoms with Gasteiger partial charge >= 0.3 is 5.97 Å². The van der Waals surface area contributed by atoms with Gasteiger partial charge in [-0.3, -0.25) is 9.36 Å². The number of allylic oxidation sites excluding steroid dienone is 1. The molecule has 0 aliphatic carbocycles. The van der Waals surface area contributed by atoms with Crippen LogP contribution in [0.4, 0.5) is 0 Å². The van der Waals surface area contributed by atoms with Crippen molar-refractivity contribution in [2.45, 2.75) is 40.7 Å². The van der Waals surface area contributed by atoms with Crippen LogP contribution in [-0.4, -0.2) is 35.9 Å².